The van der Waals surface area contributed by atoms with Crippen LogP contribution < -0.4 is 5.32 Å². The van der Waals surface area contributed by atoms with E-state index in [0.717, 1.165) is 0 Å². The Morgan fingerprint density at radius 3 is 2.83 bits per heavy atom. The Morgan fingerprint density at radius 1 is 1.75 bits per heavy atom. The smallest absolute Gasteiger partial charge is 0.305 e. The van der Waals surface area contributed by atoms with Crippen molar-refractivity contribution in [1.82, 2.24) is 5.32 Å². The molecule has 4 heteroatoms. The number of ether oxygens (including phenoxy) is 1. The maximum atomic E-state index is 10.3. The molecule has 4 nitrogen and oxygen atoms in total. The number of aliphatic carboxylic acids is 1. The molecule has 2 N–H and O–H groups in total. The molecule has 0 aliphatic carbocycles. The van der Waals surface area contributed by atoms with Crippen LogP contribution in [0, 0.1) is 0 Å². The molecule has 0 saturated carbocycles. The summed E-state index contributed by atoms with van der Waals surface area (Å²) in [5.74, 6) is -0.782. The Kier molecular flexibility index (Phi) is 2.69. The van der Waals surface area contributed by atoms with Crippen molar-refractivity contribution in [2.45, 2.75) is 31.9 Å². The summed E-state index contributed by atoms with van der Waals surface area (Å²) in [7, 11) is 0. The summed E-state index contributed by atoms with van der Waals surface area (Å²) >= 11 is 0. The van der Waals surface area contributed by atoms with E-state index in [0.29, 0.717) is 13.2 Å². The van der Waals surface area contributed by atoms with Gasteiger partial charge in [-0.25, -0.2) is 0 Å². The number of hydrogen-bond acceptors (Lipinski definition) is 3. The molecule has 0 amide bonds. The highest BCUT2D eigenvalue weighted by molar-refractivity contribution is 5.67. The van der Waals surface area contributed by atoms with Crippen LogP contribution in [0.1, 0.15) is 20.3 Å². The van der Waals surface area contributed by atoms with E-state index in [1.54, 1.807) is 0 Å². The highest BCUT2D eigenvalue weighted by Crippen LogP contribution is 2.14. The standard InChI is InChI=1S/C8H15NO3/c1-8(2)5-9-6(4-12-8)3-7(10)11/h6,9H,3-5H2,1-2H3,(H,10,11). The minimum absolute atomic E-state index is 0.0319. The molecular formula is C8H15NO3. The molecule has 70 valence electrons. The van der Waals surface area contributed by atoms with Gasteiger partial charge in [0, 0.05) is 12.6 Å². The third-order valence-electron chi connectivity index (χ3n) is 1.91. The minimum atomic E-state index is -0.782. The Labute approximate surface area is 71.9 Å². The lowest BCUT2D eigenvalue weighted by molar-refractivity contribution is -0.139. The zero-order valence-corrected chi connectivity index (χ0v) is 7.46. The Morgan fingerprint density at radius 2 is 2.42 bits per heavy atom. The molecule has 1 aliphatic heterocycles. The first-order valence-electron chi connectivity index (χ1n) is 4.09. The maximum absolute atomic E-state index is 10.3. The molecule has 0 aromatic heterocycles. The van der Waals surface area contributed by atoms with Crippen molar-refractivity contribution < 1.29 is 14.6 Å². The largest absolute Gasteiger partial charge is 0.481 e. The first-order valence-corrected chi connectivity index (χ1v) is 4.09. The van der Waals surface area contributed by atoms with Crippen LogP contribution in [0.15, 0.2) is 0 Å². The molecule has 1 rings (SSSR count). The number of hydrogen-bond donors (Lipinski definition) is 2. The van der Waals surface area contributed by atoms with Crippen LogP contribution >= 0.6 is 0 Å². The highest BCUT2D eigenvalue weighted by Gasteiger charge is 2.27. The van der Waals surface area contributed by atoms with Crippen LogP contribution in [0.4, 0.5) is 0 Å². The van der Waals surface area contributed by atoms with Crippen LogP contribution in [0.5, 0.6) is 0 Å². The summed E-state index contributed by atoms with van der Waals surface area (Å²) in [6.07, 6.45) is 0.135. The normalized spacial score (nSPS) is 28.3. The summed E-state index contributed by atoms with van der Waals surface area (Å²) in [5, 5.41) is 11.6. The van der Waals surface area contributed by atoms with Gasteiger partial charge in [-0.1, -0.05) is 0 Å². The molecule has 1 fully saturated rings. The van der Waals surface area contributed by atoms with Crippen molar-refractivity contribution in [3.8, 4) is 0 Å². The summed E-state index contributed by atoms with van der Waals surface area (Å²) in [5.41, 5.74) is -0.158. The van der Waals surface area contributed by atoms with E-state index in [1.165, 1.54) is 0 Å². The summed E-state index contributed by atoms with van der Waals surface area (Å²) < 4.78 is 5.45. The Bertz CT molecular complexity index is 169. The molecule has 1 unspecified atom stereocenters. The van der Waals surface area contributed by atoms with E-state index >= 15 is 0 Å². The van der Waals surface area contributed by atoms with Gasteiger partial charge in [0.05, 0.1) is 18.6 Å². The van der Waals surface area contributed by atoms with Crippen molar-refractivity contribution in [2.24, 2.45) is 0 Å². The molecule has 12 heavy (non-hydrogen) atoms. The molecule has 1 atom stereocenters. The number of morpholine rings is 1. The van der Waals surface area contributed by atoms with Crippen molar-refractivity contribution in [1.29, 1.82) is 0 Å². The van der Waals surface area contributed by atoms with Crippen LogP contribution in [-0.2, 0) is 9.53 Å². The predicted octanol–water partition coefficient (Wildman–Crippen LogP) is 0.228. The van der Waals surface area contributed by atoms with Crippen molar-refractivity contribution in [3.05, 3.63) is 0 Å². The van der Waals surface area contributed by atoms with Gasteiger partial charge in [0.25, 0.3) is 0 Å². The van der Waals surface area contributed by atoms with Crippen molar-refractivity contribution >= 4 is 5.97 Å². The first kappa shape index (κ1) is 9.48. The van der Waals surface area contributed by atoms with E-state index in [2.05, 4.69) is 5.32 Å². The highest BCUT2D eigenvalue weighted by atomic mass is 16.5. The number of nitrogens with one attached hydrogen (secondary N) is 1. The molecule has 1 saturated heterocycles. The van der Waals surface area contributed by atoms with E-state index in [-0.39, 0.29) is 18.1 Å². The van der Waals surface area contributed by atoms with Gasteiger partial charge < -0.3 is 15.2 Å². The van der Waals surface area contributed by atoms with Gasteiger partial charge in [0.1, 0.15) is 0 Å². The quantitative estimate of drug-likeness (QED) is 0.627. The zero-order valence-electron chi connectivity index (χ0n) is 7.46. The molecular weight excluding hydrogens is 158 g/mol. The van der Waals surface area contributed by atoms with E-state index in [9.17, 15) is 4.79 Å². The van der Waals surface area contributed by atoms with E-state index in [1.807, 2.05) is 13.8 Å². The van der Waals surface area contributed by atoms with E-state index < -0.39 is 5.97 Å². The third-order valence-corrected chi connectivity index (χ3v) is 1.91. The van der Waals surface area contributed by atoms with Crippen LogP contribution in [0.3, 0.4) is 0 Å². The zero-order chi connectivity index (χ0) is 9.19. The average Bonchev–Trinajstić information content (AvgIpc) is 1.93. The monoisotopic (exact) mass is 173 g/mol. The number of rotatable bonds is 2. The molecule has 1 aliphatic rings. The van der Waals surface area contributed by atoms with Crippen LogP contribution in [0.25, 0.3) is 0 Å². The summed E-state index contributed by atoms with van der Waals surface area (Å²) in [4.78, 5) is 10.3. The summed E-state index contributed by atoms with van der Waals surface area (Å²) in [6, 6.07) is -0.0319. The second-order valence-corrected chi connectivity index (χ2v) is 3.75. The lowest BCUT2D eigenvalue weighted by Gasteiger charge is -2.35. The van der Waals surface area contributed by atoms with Crippen LogP contribution in [-0.4, -0.2) is 35.9 Å². The topological polar surface area (TPSA) is 58.6 Å². The van der Waals surface area contributed by atoms with Gasteiger partial charge in [-0.05, 0) is 13.8 Å². The number of carbonyl (C=O) groups is 1. The van der Waals surface area contributed by atoms with Gasteiger partial charge in [-0.15, -0.1) is 0 Å². The van der Waals surface area contributed by atoms with Gasteiger partial charge in [-0.3, -0.25) is 4.79 Å². The second-order valence-electron chi connectivity index (χ2n) is 3.75. The molecule has 0 aromatic carbocycles. The van der Waals surface area contributed by atoms with Gasteiger partial charge >= 0.3 is 5.97 Å². The minimum Gasteiger partial charge on any atom is -0.481 e. The van der Waals surface area contributed by atoms with Crippen molar-refractivity contribution in [3.63, 3.8) is 0 Å². The first-order chi connectivity index (χ1) is 5.49. The van der Waals surface area contributed by atoms with Crippen molar-refractivity contribution in [2.75, 3.05) is 13.2 Å². The SMILES string of the molecule is CC1(C)CNC(CC(=O)O)CO1. The fourth-order valence-corrected chi connectivity index (χ4v) is 1.17. The number of carboxylic acids is 1. The molecule has 0 radical (unpaired) electrons. The Balaban J connectivity index is 2.31. The summed E-state index contributed by atoms with van der Waals surface area (Å²) in [6.45, 7) is 5.16. The number of carboxylic acid groups (broad SMARTS) is 1. The lowest BCUT2D eigenvalue weighted by Crippen LogP contribution is -2.52. The van der Waals surface area contributed by atoms with Gasteiger partial charge in [0.15, 0.2) is 0 Å². The van der Waals surface area contributed by atoms with E-state index in [4.69, 9.17) is 9.84 Å². The van der Waals surface area contributed by atoms with Gasteiger partial charge in [0.2, 0.25) is 0 Å². The lowest BCUT2D eigenvalue weighted by atomic mass is 10.1. The third kappa shape index (κ3) is 2.79. The fourth-order valence-electron chi connectivity index (χ4n) is 1.17. The Hall–Kier alpha value is -0.610. The van der Waals surface area contributed by atoms with Crippen LogP contribution in [0.2, 0.25) is 0 Å². The predicted molar refractivity (Wildman–Crippen MR) is 44.1 cm³/mol. The second kappa shape index (κ2) is 3.41. The molecule has 0 bridgehead atoms. The van der Waals surface area contributed by atoms with Gasteiger partial charge in [-0.2, -0.15) is 0 Å². The molecule has 1 heterocycles. The molecule has 0 aromatic rings. The maximum Gasteiger partial charge on any atom is 0.305 e. The molecule has 0 spiro atoms. The fraction of sp³-hybridized carbons (Fsp3) is 0.875. The average molecular weight is 173 g/mol.